The van der Waals surface area contributed by atoms with Gasteiger partial charge in [0.2, 0.25) is 0 Å². The van der Waals surface area contributed by atoms with Crippen LogP contribution in [0.3, 0.4) is 0 Å². The summed E-state index contributed by atoms with van der Waals surface area (Å²) >= 11 is 3.00. The summed E-state index contributed by atoms with van der Waals surface area (Å²) in [5.41, 5.74) is 4.11. The largest absolute Gasteiger partial charge is 0.497 e. The van der Waals surface area contributed by atoms with E-state index in [1.165, 1.54) is 11.8 Å². The van der Waals surface area contributed by atoms with Crippen LogP contribution in [0.2, 0.25) is 0 Å². The first kappa shape index (κ1) is 22.4. The third-order valence-electron chi connectivity index (χ3n) is 5.61. The lowest BCUT2D eigenvalue weighted by Crippen LogP contribution is -2.29. The maximum atomic E-state index is 13.4. The summed E-state index contributed by atoms with van der Waals surface area (Å²) in [6, 6.07) is 24.3. The van der Waals surface area contributed by atoms with Crippen LogP contribution in [0, 0.1) is 0 Å². The van der Waals surface area contributed by atoms with E-state index in [-0.39, 0.29) is 5.91 Å². The Morgan fingerprint density at radius 2 is 1.74 bits per heavy atom. The van der Waals surface area contributed by atoms with Gasteiger partial charge in [-0.1, -0.05) is 60.3 Å². The second-order valence-corrected chi connectivity index (χ2v) is 9.75. The summed E-state index contributed by atoms with van der Waals surface area (Å²) < 4.78 is 5.38. The van der Waals surface area contributed by atoms with Crippen molar-refractivity contribution in [1.82, 2.24) is 4.90 Å². The predicted octanol–water partition coefficient (Wildman–Crippen LogP) is 6.52. The Morgan fingerprint density at radius 1 is 1.00 bits per heavy atom. The van der Waals surface area contributed by atoms with E-state index in [0.29, 0.717) is 16.6 Å². The Morgan fingerprint density at radius 3 is 2.44 bits per heavy atom. The van der Waals surface area contributed by atoms with Crippen molar-refractivity contribution < 1.29 is 9.53 Å². The van der Waals surface area contributed by atoms with Crippen LogP contribution in [0.25, 0.3) is 11.1 Å². The molecule has 0 radical (unpaired) electrons. The summed E-state index contributed by atoms with van der Waals surface area (Å²) in [6.07, 6.45) is 1.73. The molecule has 170 valence electrons. The molecule has 1 amide bonds. The minimum atomic E-state index is -0.0568. The van der Waals surface area contributed by atoms with Gasteiger partial charge in [-0.15, -0.1) is 6.58 Å². The highest BCUT2D eigenvalue weighted by Crippen LogP contribution is 2.51. The molecule has 2 aliphatic heterocycles. The Bertz CT molecular complexity index is 1320. The lowest BCUT2D eigenvalue weighted by atomic mass is 10.1. The van der Waals surface area contributed by atoms with Gasteiger partial charge in [-0.2, -0.15) is 0 Å². The van der Waals surface area contributed by atoms with Gasteiger partial charge in [0, 0.05) is 24.6 Å². The zero-order valence-electron chi connectivity index (χ0n) is 18.9. The molecular formula is C27H23N3O2S2. The van der Waals surface area contributed by atoms with Gasteiger partial charge in [-0.05, 0) is 47.2 Å². The van der Waals surface area contributed by atoms with E-state index in [1.807, 2.05) is 60.5 Å². The lowest BCUT2D eigenvalue weighted by Gasteiger charge is -2.15. The van der Waals surface area contributed by atoms with Crippen molar-refractivity contribution in [2.45, 2.75) is 4.90 Å². The number of benzene rings is 3. The maximum Gasteiger partial charge on any atom is 0.269 e. The molecule has 0 aliphatic carbocycles. The molecule has 2 aliphatic rings. The van der Waals surface area contributed by atoms with Crippen molar-refractivity contribution in [3.05, 3.63) is 95.4 Å². The number of anilines is 1. The van der Waals surface area contributed by atoms with Gasteiger partial charge in [-0.25, -0.2) is 4.99 Å². The third-order valence-corrected chi connectivity index (χ3v) is 8.04. The molecule has 1 fully saturated rings. The molecule has 0 unspecified atom stereocenters. The van der Waals surface area contributed by atoms with Crippen LogP contribution in [-0.2, 0) is 4.79 Å². The van der Waals surface area contributed by atoms with Crippen LogP contribution >= 0.6 is 23.5 Å². The summed E-state index contributed by atoms with van der Waals surface area (Å²) in [5, 5.41) is 1.55. The van der Waals surface area contributed by atoms with E-state index in [4.69, 9.17) is 9.73 Å². The third kappa shape index (κ3) is 4.13. The number of methoxy groups -OCH3 is 1. The number of carbonyl (C=O) groups is 1. The Balaban J connectivity index is 1.46. The molecule has 3 aromatic carbocycles. The number of hydrogen-bond donors (Lipinski definition) is 0. The van der Waals surface area contributed by atoms with Crippen LogP contribution in [0.1, 0.15) is 0 Å². The van der Waals surface area contributed by atoms with Crippen LogP contribution in [0.15, 0.2) is 105 Å². The van der Waals surface area contributed by atoms with Gasteiger partial charge in [0.15, 0.2) is 5.17 Å². The molecule has 5 nitrogen and oxygen atoms in total. The number of rotatable bonds is 5. The predicted molar refractivity (Wildman–Crippen MR) is 143 cm³/mol. The number of carbonyl (C=O) groups excluding carboxylic acids is 1. The summed E-state index contributed by atoms with van der Waals surface area (Å²) in [6.45, 7) is 4.23. The van der Waals surface area contributed by atoms with Crippen LogP contribution in [-0.4, -0.2) is 36.7 Å². The molecule has 34 heavy (non-hydrogen) atoms. The number of hydrogen-bond acceptors (Lipinski definition) is 6. The average molecular weight is 486 g/mol. The van der Waals surface area contributed by atoms with Crippen molar-refractivity contribution >= 4 is 46.0 Å². The Kier molecular flexibility index (Phi) is 6.22. The van der Waals surface area contributed by atoms with Crippen molar-refractivity contribution in [1.29, 1.82) is 0 Å². The Labute approximate surface area is 207 Å². The second kappa shape index (κ2) is 9.44. The molecule has 0 saturated carbocycles. The maximum absolute atomic E-state index is 13.4. The van der Waals surface area contributed by atoms with Crippen molar-refractivity contribution in [2.75, 3.05) is 25.6 Å². The molecule has 2 heterocycles. The fourth-order valence-corrected chi connectivity index (χ4v) is 6.16. The van der Waals surface area contributed by atoms with E-state index < -0.39 is 0 Å². The highest BCUT2D eigenvalue weighted by atomic mass is 32.2. The SMILES string of the molecule is C=CCN1C(=O)/C(=C2/Sc3ccc(OC)cc3N2C)SC1=Nc1ccc(-c2ccccc2)cc1. The molecule has 0 spiro atoms. The van der Waals surface area contributed by atoms with Crippen LogP contribution < -0.4 is 9.64 Å². The van der Waals surface area contributed by atoms with Gasteiger partial charge < -0.3 is 9.64 Å². The minimum absolute atomic E-state index is 0.0568. The smallest absolute Gasteiger partial charge is 0.269 e. The second-order valence-electron chi connectivity index (χ2n) is 7.74. The highest BCUT2D eigenvalue weighted by Gasteiger charge is 2.38. The van der Waals surface area contributed by atoms with Gasteiger partial charge in [0.25, 0.3) is 5.91 Å². The number of amides is 1. The van der Waals surface area contributed by atoms with Crippen LogP contribution in [0.4, 0.5) is 11.4 Å². The molecule has 0 N–H and O–H groups in total. The molecule has 0 atom stereocenters. The van der Waals surface area contributed by atoms with Crippen molar-refractivity contribution in [3.8, 4) is 16.9 Å². The first-order valence-electron chi connectivity index (χ1n) is 10.8. The van der Waals surface area contributed by atoms with E-state index >= 15 is 0 Å². The number of amidine groups is 1. The molecule has 3 aromatic rings. The van der Waals surface area contributed by atoms with E-state index in [9.17, 15) is 4.79 Å². The van der Waals surface area contributed by atoms with Crippen molar-refractivity contribution in [2.24, 2.45) is 4.99 Å². The van der Waals surface area contributed by atoms with Gasteiger partial charge >= 0.3 is 0 Å². The fraction of sp³-hybridized carbons (Fsp3) is 0.111. The number of aliphatic imine (C=N–C) groups is 1. The van der Waals surface area contributed by atoms with Gasteiger partial charge in [0.05, 0.1) is 23.5 Å². The normalized spacial score (nSPS) is 18.5. The van der Waals surface area contributed by atoms with Crippen molar-refractivity contribution in [3.63, 3.8) is 0 Å². The standard InChI is InChI=1S/C27H23N3O2S2/c1-4-16-30-25(31)24(26-29(2)22-17-21(32-3)14-15-23(22)33-26)34-27(30)28-20-12-10-19(11-13-20)18-8-6-5-7-9-18/h4-15,17H,1,16H2,2-3H3/b26-24-,28-27?. The monoisotopic (exact) mass is 485 g/mol. The van der Waals surface area contributed by atoms with E-state index in [1.54, 1.807) is 29.8 Å². The fourth-order valence-electron chi connectivity index (χ4n) is 3.83. The number of ether oxygens (including phenoxy) is 1. The zero-order chi connectivity index (χ0) is 23.7. The van der Waals surface area contributed by atoms with E-state index in [0.717, 1.165) is 38.2 Å². The summed E-state index contributed by atoms with van der Waals surface area (Å²) in [7, 11) is 3.63. The zero-order valence-corrected chi connectivity index (χ0v) is 20.5. The molecule has 7 heteroatoms. The molecule has 0 bridgehead atoms. The molecule has 1 saturated heterocycles. The molecule has 0 aromatic heterocycles. The van der Waals surface area contributed by atoms with Crippen LogP contribution in [0.5, 0.6) is 5.75 Å². The average Bonchev–Trinajstić information content (AvgIpc) is 3.36. The number of nitrogens with zero attached hydrogens (tertiary/aromatic N) is 3. The van der Waals surface area contributed by atoms with Gasteiger partial charge in [0.1, 0.15) is 10.7 Å². The summed E-state index contributed by atoms with van der Waals surface area (Å²) in [5.74, 6) is 0.732. The lowest BCUT2D eigenvalue weighted by molar-refractivity contribution is -0.121. The minimum Gasteiger partial charge on any atom is -0.497 e. The highest BCUT2D eigenvalue weighted by molar-refractivity contribution is 8.19. The molecule has 5 rings (SSSR count). The Hall–Kier alpha value is -3.42. The first-order chi connectivity index (χ1) is 16.6. The molecular weight excluding hydrogens is 462 g/mol. The van der Waals surface area contributed by atoms with E-state index in [2.05, 4.69) is 30.8 Å². The topological polar surface area (TPSA) is 45.1 Å². The number of thioether (sulfide) groups is 2. The van der Waals surface area contributed by atoms with Gasteiger partial charge in [-0.3, -0.25) is 9.69 Å². The summed E-state index contributed by atoms with van der Waals surface area (Å²) in [4.78, 5) is 23.7. The first-order valence-corrected chi connectivity index (χ1v) is 12.4. The quantitative estimate of drug-likeness (QED) is 0.304. The number of fused-ring (bicyclic) bond motifs is 1.